The molecule has 1 aromatic carbocycles. The first-order valence-corrected chi connectivity index (χ1v) is 10.8. The molecule has 36 heavy (non-hydrogen) atoms. The molecule has 15 heteroatoms. The fourth-order valence-electron chi connectivity index (χ4n) is 2.82. The van der Waals surface area contributed by atoms with Crippen molar-refractivity contribution >= 4 is 51.7 Å². The molecule has 0 bridgehead atoms. The summed E-state index contributed by atoms with van der Waals surface area (Å²) in [5.41, 5.74) is 4.20. The van der Waals surface area contributed by atoms with Gasteiger partial charge in [0.05, 0.1) is 40.2 Å². The van der Waals surface area contributed by atoms with E-state index in [1.165, 1.54) is 14.0 Å². The Kier molecular flexibility index (Phi) is 9.57. The van der Waals surface area contributed by atoms with Gasteiger partial charge in [-0.1, -0.05) is 0 Å². The van der Waals surface area contributed by atoms with Crippen molar-refractivity contribution in [3.05, 3.63) is 55.4 Å². The summed E-state index contributed by atoms with van der Waals surface area (Å²) in [4.78, 5) is 71.0. The average Bonchev–Trinajstić information content (AvgIpc) is 3.17. The van der Waals surface area contributed by atoms with Crippen LogP contribution >= 0.6 is 11.3 Å². The van der Waals surface area contributed by atoms with Crippen molar-refractivity contribution in [1.29, 1.82) is 0 Å². The van der Waals surface area contributed by atoms with E-state index in [0.29, 0.717) is 0 Å². The van der Waals surface area contributed by atoms with E-state index in [2.05, 4.69) is 10.1 Å². The lowest BCUT2D eigenvalue weighted by Gasteiger charge is -2.09. The number of nitrogens with two attached hydrogens (primary N) is 1. The van der Waals surface area contributed by atoms with E-state index in [9.17, 15) is 34.1 Å². The summed E-state index contributed by atoms with van der Waals surface area (Å²) in [7, 11) is 2.47. The molecule has 0 aliphatic rings. The topological polar surface area (TPSA) is 203 Å². The van der Waals surface area contributed by atoms with Crippen LogP contribution in [-0.2, 0) is 23.7 Å². The van der Waals surface area contributed by atoms with Gasteiger partial charge in [0.1, 0.15) is 11.6 Å². The third kappa shape index (κ3) is 6.83. The highest BCUT2D eigenvalue weighted by Crippen LogP contribution is 2.33. The SMILES string of the molecule is COCCOC(=O)c1c(NC(=O)COC(=O)c2cc(C(=O)OC)cc([N+](=O)[O-])c2)sc(C(N)=O)c1C. The van der Waals surface area contributed by atoms with Gasteiger partial charge < -0.3 is 30.0 Å². The number of nitrogens with one attached hydrogen (secondary N) is 1. The number of non-ortho nitro benzene ring substituents is 1. The van der Waals surface area contributed by atoms with Crippen molar-refractivity contribution in [2.24, 2.45) is 5.73 Å². The van der Waals surface area contributed by atoms with E-state index < -0.39 is 46.9 Å². The van der Waals surface area contributed by atoms with E-state index in [4.69, 9.17) is 19.9 Å². The molecule has 0 atom stereocenters. The lowest BCUT2D eigenvalue weighted by atomic mass is 10.1. The summed E-state index contributed by atoms with van der Waals surface area (Å²) >= 11 is 0.728. The molecule has 192 valence electrons. The van der Waals surface area contributed by atoms with Crippen LogP contribution in [0.1, 0.15) is 46.3 Å². The molecule has 2 aromatic rings. The minimum absolute atomic E-state index is 0.00733. The molecule has 0 spiro atoms. The van der Waals surface area contributed by atoms with Crippen LogP contribution in [0, 0.1) is 17.0 Å². The number of hydrogen-bond acceptors (Lipinski definition) is 12. The summed E-state index contributed by atoms with van der Waals surface area (Å²) in [6.45, 7) is 0.610. The number of carbonyl (C=O) groups is 5. The molecule has 3 N–H and O–H groups in total. The standard InChI is InChI=1S/C21H21N3O11S/c1-10-15(21(29)34-5-4-32-2)18(36-16(10)17(22)26)23-14(25)9-35-20(28)12-6-11(19(27)33-3)7-13(8-12)24(30)31/h6-8H,4-5,9H2,1-3H3,(H2,22,26)(H,23,25). The minimum Gasteiger partial charge on any atom is -0.465 e. The Hall–Kier alpha value is -4.37. The van der Waals surface area contributed by atoms with Gasteiger partial charge in [0.25, 0.3) is 17.5 Å². The summed E-state index contributed by atoms with van der Waals surface area (Å²) < 4.78 is 19.2. The van der Waals surface area contributed by atoms with Crippen LogP contribution in [0.15, 0.2) is 18.2 Å². The molecule has 0 unspecified atom stereocenters. The molecular weight excluding hydrogens is 502 g/mol. The van der Waals surface area contributed by atoms with Gasteiger partial charge in [0.2, 0.25) is 0 Å². The Balaban J connectivity index is 2.19. The lowest BCUT2D eigenvalue weighted by Crippen LogP contribution is -2.22. The molecule has 14 nitrogen and oxygen atoms in total. The largest absolute Gasteiger partial charge is 0.465 e. The number of ether oxygens (including phenoxy) is 4. The van der Waals surface area contributed by atoms with Gasteiger partial charge in [-0.25, -0.2) is 14.4 Å². The maximum atomic E-state index is 12.5. The molecule has 2 rings (SSSR count). The highest BCUT2D eigenvalue weighted by atomic mass is 32.1. The Bertz CT molecular complexity index is 1220. The summed E-state index contributed by atoms with van der Waals surface area (Å²) in [5.74, 6) is -4.63. The van der Waals surface area contributed by atoms with Crippen LogP contribution in [-0.4, -0.2) is 68.7 Å². The van der Waals surface area contributed by atoms with Crippen LogP contribution in [0.2, 0.25) is 0 Å². The first-order valence-electron chi connectivity index (χ1n) is 9.94. The van der Waals surface area contributed by atoms with E-state index >= 15 is 0 Å². The van der Waals surface area contributed by atoms with Crippen molar-refractivity contribution in [2.45, 2.75) is 6.92 Å². The maximum Gasteiger partial charge on any atom is 0.341 e. The molecule has 0 saturated carbocycles. The molecule has 1 heterocycles. The molecule has 0 aliphatic heterocycles. The summed E-state index contributed by atoms with van der Waals surface area (Å²) in [5, 5.41) is 13.4. The van der Waals surface area contributed by atoms with Gasteiger partial charge in [0, 0.05) is 19.2 Å². The highest BCUT2D eigenvalue weighted by molar-refractivity contribution is 7.18. The number of methoxy groups -OCH3 is 2. The normalized spacial score (nSPS) is 10.3. The first kappa shape index (κ1) is 27.9. The fourth-order valence-corrected chi connectivity index (χ4v) is 3.88. The molecule has 1 aromatic heterocycles. The first-order chi connectivity index (χ1) is 17.0. The number of amides is 2. The molecule has 0 fully saturated rings. The van der Waals surface area contributed by atoms with Gasteiger partial charge >= 0.3 is 17.9 Å². The molecule has 0 radical (unpaired) electrons. The van der Waals surface area contributed by atoms with Gasteiger partial charge in [-0.15, -0.1) is 11.3 Å². The van der Waals surface area contributed by atoms with E-state index in [1.54, 1.807) is 0 Å². The zero-order chi connectivity index (χ0) is 27.0. The number of esters is 3. The number of nitro benzene ring substituents is 1. The number of primary amides is 1. The van der Waals surface area contributed by atoms with Crippen LogP contribution in [0.3, 0.4) is 0 Å². The van der Waals surface area contributed by atoms with Gasteiger partial charge in [-0.05, 0) is 18.6 Å². The number of anilines is 1. The third-order valence-electron chi connectivity index (χ3n) is 4.47. The van der Waals surface area contributed by atoms with Crippen molar-refractivity contribution in [1.82, 2.24) is 0 Å². The predicted octanol–water partition coefficient (Wildman–Crippen LogP) is 1.45. The number of benzene rings is 1. The van der Waals surface area contributed by atoms with Crippen LogP contribution in [0.5, 0.6) is 0 Å². The molecule has 2 amide bonds. The van der Waals surface area contributed by atoms with Crippen LogP contribution in [0.4, 0.5) is 10.7 Å². The average molecular weight is 523 g/mol. The number of rotatable bonds is 11. The van der Waals surface area contributed by atoms with Crippen molar-refractivity contribution in [3.63, 3.8) is 0 Å². The minimum atomic E-state index is -1.14. The monoisotopic (exact) mass is 523 g/mol. The Labute approximate surface area is 207 Å². The second kappa shape index (κ2) is 12.4. The van der Waals surface area contributed by atoms with Crippen molar-refractivity contribution < 1.29 is 47.8 Å². The maximum absolute atomic E-state index is 12.5. The molecule has 0 saturated heterocycles. The van der Waals surface area contributed by atoms with Gasteiger partial charge in [-0.2, -0.15) is 0 Å². The fraction of sp³-hybridized carbons (Fsp3) is 0.286. The molecular formula is C21H21N3O11S. The Morgan fingerprint density at radius 2 is 1.64 bits per heavy atom. The van der Waals surface area contributed by atoms with Crippen LogP contribution in [0.25, 0.3) is 0 Å². The zero-order valence-electron chi connectivity index (χ0n) is 19.3. The number of thiophene rings is 1. The van der Waals surface area contributed by atoms with Gasteiger partial charge in [-0.3, -0.25) is 19.7 Å². The zero-order valence-corrected chi connectivity index (χ0v) is 20.1. The quantitative estimate of drug-likeness (QED) is 0.142. The number of hydrogen-bond donors (Lipinski definition) is 2. The van der Waals surface area contributed by atoms with Crippen molar-refractivity contribution in [3.8, 4) is 0 Å². The van der Waals surface area contributed by atoms with Crippen molar-refractivity contribution in [2.75, 3.05) is 39.4 Å². The van der Waals surface area contributed by atoms with E-state index in [1.807, 2.05) is 0 Å². The third-order valence-corrected chi connectivity index (χ3v) is 5.69. The number of nitro groups is 1. The number of nitrogens with zero attached hydrogens (tertiary/aromatic N) is 1. The predicted molar refractivity (Wildman–Crippen MR) is 123 cm³/mol. The highest BCUT2D eigenvalue weighted by Gasteiger charge is 2.26. The second-order valence-electron chi connectivity index (χ2n) is 6.89. The summed E-state index contributed by atoms with van der Waals surface area (Å²) in [6, 6.07) is 2.79. The Morgan fingerprint density at radius 1 is 1.00 bits per heavy atom. The van der Waals surface area contributed by atoms with E-state index in [-0.39, 0.29) is 45.3 Å². The van der Waals surface area contributed by atoms with E-state index in [0.717, 1.165) is 36.6 Å². The molecule has 0 aliphatic carbocycles. The second-order valence-corrected chi connectivity index (χ2v) is 7.92. The smallest absolute Gasteiger partial charge is 0.341 e. The van der Waals surface area contributed by atoms with Crippen LogP contribution < -0.4 is 11.1 Å². The number of carbonyl (C=O) groups excluding carboxylic acids is 5. The van der Waals surface area contributed by atoms with Gasteiger partial charge in [0.15, 0.2) is 6.61 Å². The Morgan fingerprint density at radius 3 is 2.19 bits per heavy atom. The summed E-state index contributed by atoms with van der Waals surface area (Å²) in [6.07, 6.45) is 0. The lowest BCUT2D eigenvalue weighted by molar-refractivity contribution is -0.384.